The molecule has 0 aliphatic carbocycles. The van der Waals surface area contributed by atoms with Crippen LogP contribution >= 0.6 is 0 Å². The highest BCUT2D eigenvalue weighted by Gasteiger charge is 2.34. The number of aryl methyl sites for hydroxylation is 1. The van der Waals surface area contributed by atoms with Crippen LogP contribution in [0.2, 0.25) is 0 Å². The van der Waals surface area contributed by atoms with E-state index in [9.17, 15) is 8.42 Å². The molecule has 2 aromatic carbocycles. The van der Waals surface area contributed by atoms with Gasteiger partial charge in [-0.25, -0.2) is 8.42 Å². The first-order chi connectivity index (χ1) is 12.6. The number of ether oxygens (including phenoxy) is 2. The zero-order chi connectivity index (χ0) is 17.7. The molecule has 0 spiro atoms. The van der Waals surface area contributed by atoms with Crippen LogP contribution in [0, 0.1) is 0 Å². The van der Waals surface area contributed by atoms with Crippen molar-refractivity contribution in [2.45, 2.75) is 17.7 Å². The van der Waals surface area contributed by atoms with Gasteiger partial charge in [0.25, 0.3) is 10.0 Å². The van der Waals surface area contributed by atoms with E-state index in [1.54, 1.807) is 22.5 Å². The normalized spacial score (nSPS) is 18.5. The molecule has 0 radical (unpaired) electrons. The van der Waals surface area contributed by atoms with Crippen molar-refractivity contribution in [2.75, 3.05) is 42.1 Å². The summed E-state index contributed by atoms with van der Waals surface area (Å²) in [5, 5.41) is 0. The summed E-state index contributed by atoms with van der Waals surface area (Å²) in [4.78, 5) is 2.55. The molecule has 3 heterocycles. The second kappa shape index (κ2) is 5.81. The highest BCUT2D eigenvalue weighted by molar-refractivity contribution is 7.92. The Morgan fingerprint density at radius 2 is 1.77 bits per heavy atom. The standard InChI is InChI=1S/C19H20N2O4S/c22-26(23,15-6-7-17-18(13-15)25-12-11-24-17)21-10-9-20-8-2-4-14-3-1-5-16(21)19(14)20/h1,3,5-7,13H,2,4,8-12H2. The van der Waals surface area contributed by atoms with Crippen molar-refractivity contribution >= 4 is 21.4 Å². The Morgan fingerprint density at radius 1 is 0.923 bits per heavy atom. The Bertz CT molecular complexity index is 973. The Balaban J connectivity index is 1.59. The molecule has 0 bridgehead atoms. The lowest BCUT2D eigenvalue weighted by Gasteiger charge is -2.41. The minimum absolute atomic E-state index is 0.239. The van der Waals surface area contributed by atoms with E-state index < -0.39 is 10.0 Å². The van der Waals surface area contributed by atoms with Gasteiger partial charge in [0.05, 0.1) is 22.8 Å². The fourth-order valence-electron chi connectivity index (χ4n) is 4.03. The Kier molecular flexibility index (Phi) is 3.53. The van der Waals surface area contributed by atoms with Gasteiger partial charge in [-0.2, -0.15) is 0 Å². The third kappa shape index (κ3) is 2.34. The smallest absolute Gasteiger partial charge is 0.264 e. The van der Waals surface area contributed by atoms with Gasteiger partial charge in [0, 0.05) is 19.2 Å². The number of anilines is 2. The first-order valence-corrected chi connectivity index (χ1v) is 10.4. The molecule has 0 atom stereocenters. The summed E-state index contributed by atoms with van der Waals surface area (Å²) >= 11 is 0. The zero-order valence-corrected chi connectivity index (χ0v) is 15.2. The lowest BCUT2D eigenvalue weighted by atomic mass is 9.99. The van der Waals surface area contributed by atoms with Crippen molar-refractivity contribution in [1.82, 2.24) is 0 Å². The Labute approximate surface area is 153 Å². The summed E-state index contributed by atoms with van der Waals surface area (Å²) in [7, 11) is -3.66. The van der Waals surface area contributed by atoms with E-state index in [1.165, 1.54) is 5.56 Å². The van der Waals surface area contributed by atoms with Gasteiger partial charge in [-0.3, -0.25) is 4.31 Å². The number of nitrogens with zero attached hydrogens (tertiary/aromatic N) is 2. The van der Waals surface area contributed by atoms with Gasteiger partial charge < -0.3 is 14.4 Å². The predicted molar refractivity (Wildman–Crippen MR) is 98.9 cm³/mol. The maximum absolute atomic E-state index is 13.4. The molecule has 26 heavy (non-hydrogen) atoms. The molecule has 136 valence electrons. The third-order valence-corrected chi connectivity index (χ3v) is 7.04. The second-order valence-electron chi connectivity index (χ2n) is 6.76. The highest BCUT2D eigenvalue weighted by atomic mass is 32.2. The molecule has 7 heteroatoms. The molecule has 3 aliphatic rings. The minimum atomic E-state index is -3.66. The fourth-order valence-corrected chi connectivity index (χ4v) is 5.51. The van der Waals surface area contributed by atoms with E-state index >= 15 is 0 Å². The first-order valence-electron chi connectivity index (χ1n) is 8.94. The maximum Gasteiger partial charge on any atom is 0.264 e. The lowest BCUT2D eigenvalue weighted by Crippen LogP contribution is -2.46. The number of hydrogen-bond acceptors (Lipinski definition) is 5. The van der Waals surface area contributed by atoms with E-state index in [0.29, 0.717) is 37.8 Å². The molecule has 0 saturated heterocycles. The molecule has 0 N–H and O–H groups in total. The van der Waals surface area contributed by atoms with E-state index in [-0.39, 0.29) is 4.90 Å². The Hall–Kier alpha value is -2.41. The Morgan fingerprint density at radius 3 is 2.65 bits per heavy atom. The van der Waals surface area contributed by atoms with E-state index in [1.807, 2.05) is 12.1 Å². The summed E-state index contributed by atoms with van der Waals surface area (Å²) < 4.78 is 39.4. The van der Waals surface area contributed by atoms with Crippen LogP contribution in [0.4, 0.5) is 11.4 Å². The monoisotopic (exact) mass is 372 g/mol. The van der Waals surface area contributed by atoms with Crippen LogP contribution in [0.3, 0.4) is 0 Å². The van der Waals surface area contributed by atoms with Crippen molar-refractivity contribution in [3.8, 4) is 11.5 Å². The number of sulfonamides is 1. The number of para-hydroxylation sites is 1. The van der Waals surface area contributed by atoms with Gasteiger partial charge >= 0.3 is 0 Å². The third-order valence-electron chi connectivity index (χ3n) is 5.23. The van der Waals surface area contributed by atoms with Gasteiger partial charge in [0.15, 0.2) is 11.5 Å². The van der Waals surface area contributed by atoms with E-state index in [4.69, 9.17) is 9.47 Å². The van der Waals surface area contributed by atoms with Crippen LogP contribution < -0.4 is 18.7 Å². The lowest BCUT2D eigenvalue weighted by molar-refractivity contribution is 0.171. The van der Waals surface area contributed by atoms with E-state index in [0.717, 1.165) is 30.8 Å². The van der Waals surface area contributed by atoms with Gasteiger partial charge in [0.1, 0.15) is 13.2 Å². The summed E-state index contributed by atoms with van der Waals surface area (Å²) in [5.41, 5.74) is 3.09. The molecule has 0 unspecified atom stereocenters. The molecule has 0 amide bonds. The van der Waals surface area contributed by atoms with Gasteiger partial charge in [-0.05, 0) is 36.6 Å². The van der Waals surface area contributed by atoms with Crippen LogP contribution in [0.25, 0.3) is 0 Å². The number of rotatable bonds is 2. The average Bonchev–Trinajstić information content (AvgIpc) is 2.68. The second-order valence-corrected chi connectivity index (χ2v) is 8.62. The van der Waals surface area contributed by atoms with E-state index in [2.05, 4.69) is 11.0 Å². The summed E-state index contributed by atoms with van der Waals surface area (Å²) in [6, 6.07) is 10.8. The first kappa shape index (κ1) is 15.8. The SMILES string of the molecule is O=S(=O)(c1ccc2c(c1)OCCO2)N1CCN2CCCc3cccc1c32. The van der Waals surface area contributed by atoms with Crippen LogP contribution in [-0.2, 0) is 16.4 Å². The molecule has 3 aliphatic heterocycles. The van der Waals surface area contributed by atoms with Gasteiger partial charge in [-0.15, -0.1) is 0 Å². The molecule has 2 aromatic rings. The quantitative estimate of drug-likeness (QED) is 0.810. The molecular weight excluding hydrogens is 352 g/mol. The summed E-state index contributed by atoms with van der Waals surface area (Å²) in [5.74, 6) is 1.09. The highest BCUT2D eigenvalue weighted by Crippen LogP contribution is 2.42. The zero-order valence-electron chi connectivity index (χ0n) is 14.3. The molecule has 0 aromatic heterocycles. The maximum atomic E-state index is 13.4. The van der Waals surface area contributed by atoms with Crippen LogP contribution in [0.15, 0.2) is 41.3 Å². The molecule has 0 fully saturated rings. The summed E-state index contributed by atoms with van der Waals surface area (Å²) in [6.45, 7) is 3.07. The fraction of sp³-hybridized carbons (Fsp3) is 0.368. The average molecular weight is 372 g/mol. The van der Waals surface area contributed by atoms with Crippen molar-refractivity contribution in [3.63, 3.8) is 0 Å². The van der Waals surface area contributed by atoms with Crippen LogP contribution in [0.1, 0.15) is 12.0 Å². The van der Waals surface area contributed by atoms with Crippen molar-refractivity contribution in [2.24, 2.45) is 0 Å². The van der Waals surface area contributed by atoms with Crippen LogP contribution in [0.5, 0.6) is 11.5 Å². The number of fused-ring (bicyclic) bond motifs is 1. The van der Waals surface area contributed by atoms with Crippen molar-refractivity contribution in [3.05, 3.63) is 42.0 Å². The van der Waals surface area contributed by atoms with Crippen molar-refractivity contribution in [1.29, 1.82) is 0 Å². The van der Waals surface area contributed by atoms with Gasteiger partial charge in [0.2, 0.25) is 0 Å². The van der Waals surface area contributed by atoms with Crippen LogP contribution in [-0.4, -0.2) is 41.3 Å². The van der Waals surface area contributed by atoms with Crippen molar-refractivity contribution < 1.29 is 17.9 Å². The minimum Gasteiger partial charge on any atom is -0.486 e. The molecule has 0 saturated carbocycles. The predicted octanol–water partition coefficient (Wildman–Crippen LogP) is 2.42. The molecule has 5 rings (SSSR count). The van der Waals surface area contributed by atoms with Gasteiger partial charge in [-0.1, -0.05) is 12.1 Å². The summed E-state index contributed by atoms with van der Waals surface area (Å²) in [6.07, 6.45) is 2.11. The topological polar surface area (TPSA) is 59.1 Å². The largest absolute Gasteiger partial charge is 0.486 e. The molecular formula is C19H20N2O4S. The molecule has 6 nitrogen and oxygen atoms in total. The number of benzene rings is 2. The number of hydrogen-bond donors (Lipinski definition) is 0.